The lowest BCUT2D eigenvalue weighted by Gasteiger charge is -2.34. The Bertz CT molecular complexity index is 761. The van der Waals surface area contributed by atoms with E-state index in [9.17, 15) is 4.79 Å². The van der Waals surface area contributed by atoms with Crippen molar-refractivity contribution in [1.29, 1.82) is 0 Å². The number of piperazine rings is 1. The van der Waals surface area contributed by atoms with Crippen LogP contribution < -0.4 is 5.32 Å². The van der Waals surface area contributed by atoms with Crippen molar-refractivity contribution in [1.82, 2.24) is 20.1 Å². The predicted molar refractivity (Wildman–Crippen MR) is 98.0 cm³/mol. The summed E-state index contributed by atoms with van der Waals surface area (Å²) in [6.45, 7) is 7.25. The lowest BCUT2D eigenvalue weighted by atomic mass is 10.2. The van der Waals surface area contributed by atoms with Crippen molar-refractivity contribution in [2.45, 2.75) is 32.4 Å². The average molecular weight is 358 g/mol. The summed E-state index contributed by atoms with van der Waals surface area (Å²) in [5.41, 5.74) is 2.92. The first kappa shape index (κ1) is 17.3. The van der Waals surface area contributed by atoms with Crippen LogP contribution in [0.4, 0.5) is 4.79 Å². The van der Waals surface area contributed by atoms with Gasteiger partial charge in [-0.05, 0) is 37.5 Å². The Kier molecular flexibility index (Phi) is 5.08. The Balaban J connectivity index is 1.25. The Labute approximate surface area is 153 Å². The molecule has 2 aromatic rings. The number of urea groups is 1. The van der Waals surface area contributed by atoms with Crippen molar-refractivity contribution in [2.75, 3.05) is 39.3 Å². The van der Waals surface area contributed by atoms with E-state index in [0.29, 0.717) is 13.1 Å². The van der Waals surface area contributed by atoms with E-state index in [1.54, 1.807) is 0 Å². The molecule has 0 radical (unpaired) electrons. The summed E-state index contributed by atoms with van der Waals surface area (Å²) in [7, 11) is 0. The van der Waals surface area contributed by atoms with Crippen molar-refractivity contribution in [3.63, 3.8) is 0 Å². The number of hydrogen-bond acceptors (Lipinski definition) is 5. The summed E-state index contributed by atoms with van der Waals surface area (Å²) in [4.78, 5) is 21.0. The van der Waals surface area contributed by atoms with Crippen LogP contribution in [0.15, 0.2) is 22.6 Å². The largest absolute Gasteiger partial charge is 0.439 e. The molecule has 4 rings (SSSR count). The zero-order chi connectivity index (χ0) is 17.9. The monoisotopic (exact) mass is 358 g/mol. The number of oxazole rings is 1. The van der Waals surface area contributed by atoms with Gasteiger partial charge >= 0.3 is 6.03 Å². The highest BCUT2D eigenvalue weighted by Gasteiger charge is 2.23. The van der Waals surface area contributed by atoms with Crippen LogP contribution in [0.5, 0.6) is 0 Å². The van der Waals surface area contributed by atoms with Crippen molar-refractivity contribution in [2.24, 2.45) is 0 Å². The molecule has 1 aromatic carbocycles. The van der Waals surface area contributed by atoms with E-state index < -0.39 is 0 Å². The third kappa shape index (κ3) is 3.99. The van der Waals surface area contributed by atoms with E-state index in [1.165, 1.54) is 5.56 Å². The summed E-state index contributed by atoms with van der Waals surface area (Å²) in [6.07, 6.45) is 2.32. The van der Waals surface area contributed by atoms with Crippen LogP contribution in [-0.4, -0.2) is 66.2 Å². The van der Waals surface area contributed by atoms with E-state index in [2.05, 4.69) is 22.1 Å². The second-order valence-corrected chi connectivity index (χ2v) is 7.16. The molecule has 2 saturated heterocycles. The van der Waals surface area contributed by atoms with E-state index in [-0.39, 0.29) is 12.1 Å². The van der Waals surface area contributed by atoms with Gasteiger partial charge in [-0.1, -0.05) is 6.07 Å². The maximum Gasteiger partial charge on any atom is 0.317 e. The number of fused-ring (bicyclic) bond motifs is 1. The summed E-state index contributed by atoms with van der Waals surface area (Å²) in [5.74, 6) is 0.738. The number of amides is 2. The Hall–Kier alpha value is -2.12. The number of carbonyl (C=O) groups excluding carboxylic acids is 1. The lowest BCUT2D eigenvalue weighted by Crippen LogP contribution is -2.52. The highest BCUT2D eigenvalue weighted by atomic mass is 16.5. The first-order valence-corrected chi connectivity index (χ1v) is 9.40. The minimum Gasteiger partial charge on any atom is -0.439 e. The number of carbonyl (C=O) groups is 1. The van der Waals surface area contributed by atoms with Gasteiger partial charge < -0.3 is 19.4 Å². The highest BCUT2D eigenvalue weighted by molar-refractivity contribution is 5.74. The Morgan fingerprint density at radius 2 is 2.15 bits per heavy atom. The Morgan fingerprint density at radius 3 is 2.92 bits per heavy atom. The normalized spacial score (nSPS) is 21.4. The smallest absolute Gasteiger partial charge is 0.317 e. The van der Waals surface area contributed by atoms with Crippen LogP contribution in [0.25, 0.3) is 11.1 Å². The molecule has 1 aromatic heterocycles. The number of aryl methyl sites for hydroxylation is 1. The zero-order valence-corrected chi connectivity index (χ0v) is 15.2. The first-order chi connectivity index (χ1) is 12.7. The molecule has 7 heteroatoms. The number of hydrogen-bond donors (Lipinski definition) is 1. The van der Waals surface area contributed by atoms with E-state index in [0.717, 1.165) is 62.6 Å². The molecule has 1 N–H and O–H groups in total. The molecular weight excluding hydrogens is 332 g/mol. The topological polar surface area (TPSA) is 70.8 Å². The summed E-state index contributed by atoms with van der Waals surface area (Å²) in [6, 6.07) is 6.05. The number of rotatable bonds is 4. The summed E-state index contributed by atoms with van der Waals surface area (Å²) < 4.78 is 11.4. The molecule has 140 valence electrons. The molecule has 2 aliphatic heterocycles. The summed E-state index contributed by atoms with van der Waals surface area (Å²) in [5, 5.41) is 2.99. The van der Waals surface area contributed by atoms with Gasteiger partial charge in [0.05, 0.1) is 12.6 Å². The molecular formula is C19H26N4O3. The van der Waals surface area contributed by atoms with E-state index in [1.807, 2.05) is 23.1 Å². The second-order valence-electron chi connectivity index (χ2n) is 7.16. The fourth-order valence-electron chi connectivity index (χ4n) is 3.57. The quantitative estimate of drug-likeness (QED) is 0.907. The van der Waals surface area contributed by atoms with Crippen molar-refractivity contribution < 1.29 is 13.9 Å². The van der Waals surface area contributed by atoms with Gasteiger partial charge in [0.2, 0.25) is 5.89 Å². The van der Waals surface area contributed by atoms with Crippen LogP contribution >= 0.6 is 0 Å². The van der Waals surface area contributed by atoms with Crippen molar-refractivity contribution in [3.05, 3.63) is 29.7 Å². The third-order valence-corrected chi connectivity index (χ3v) is 5.11. The van der Waals surface area contributed by atoms with Gasteiger partial charge in [0.1, 0.15) is 5.52 Å². The molecule has 0 saturated carbocycles. The van der Waals surface area contributed by atoms with Crippen molar-refractivity contribution in [3.8, 4) is 0 Å². The van der Waals surface area contributed by atoms with E-state index >= 15 is 0 Å². The first-order valence-electron chi connectivity index (χ1n) is 9.40. The fraction of sp³-hybridized carbons (Fsp3) is 0.579. The van der Waals surface area contributed by atoms with Gasteiger partial charge in [-0.15, -0.1) is 0 Å². The third-order valence-electron chi connectivity index (χ3n) is 5.11. The molecule has 26 heavy (non-hydrogen) atoms. The minimum atomic E-state index is 0.0116. The molecule has 0 spiro atoms. The van der Waals surface area contributed by atoms with Crippen LogP contribution in [-0.2, 0) is 11.3 Å². The highest BCUT2D eigenvalue weighted by Crippen LogP contribution is 2.18. The molecule has 2 aliphatic rings. The number of aromatic nitrogens is 1. The van der Waals surface area contributed by atoms with Gasteiger partial charge in [0.15, 0.2) is 5.58 Å². The van der Waals surface area contributed by atoms with E-state index in [4.69, 9.17) is 9.15 Å². The van der Waals surface area contributed by atoms with Gasteiger partial charge in [-0.2, -0.15) is 0 Å². The number of benzene rings is 1. The second kappa shape index (κ2) is 7.63. The summed E-state index contributed by atoms with van der Waals surface area (Å²) >= 11 is 0. The molecule has 0 unspecified atom stereocenters. The predicted octanol–water partition coefficient (Wildman–Crippen LogP) is 2.14. The Morgan fingerprint density at radius 1 is 1.31 bits per heavy atom. The van der Waals surface area contributed by atoms with Gasteiger partial charge in [0.25, 0.3) is 0 Å². The molecule has 2 amide bonds. The van der Waals surface area contributed by atoms with Crippen LogP contribution in [0.2, 0.25) is 0 Å². The number of ether oxygens (including phenoxy) is 1. The van der Waals surface area contributed by atoms with Crippen LogP contribution in [0.1, 0.15) is 24.3 Å². The lowest BCUT2D eigenvalue weighted by molar-refractivity contribution is 0.103. The average Bonchev–Trinajstić information content (AvgIpc) is 3.29. The van der Waals surface area contributed by atoms with Crippen LogP contribution in [0, 0.1) is 6.92 Å². The molecule has 0 bridgehead atoms. The maximum absolute atomic E-state index is 12.3. The van der Waals surface area contributed by atoms with Gasteiger partial charge in [-0.25, -0.2) is 9.78 Å². The number of nitrogens with one attached hydrogen (secondary N) is 1. The molecule has 7 nitrogen and oxygen atoms in total. The maximum atomic E-state index is 12.3. The minimum absolute atomic E-state index is 0.0116. The zero-order valence-electron chi connectivity index (χ0n) is 15.2. The molecule has 2 fully saturated rings. The number of nitrogens with zero attached hydrogens (tertiary/aromatic N) is 3. The standard InChI is InChI=1S/C19H26N4O3/c1-14-4-5-17-16(11-14)21-18(26-17)13-22-6-8-23(9-7-22)19(24)20-12-15-3-2-10-25-15/h4-5,11,15H,2-3,6-10,12-13H2,1H3,(H,20,24)/t15-/m0/s1. The molecule has 1 atom stereocenters. The van der Waals surface area contributed by atoms with Gasteiger partial charge in [0, 0.05) is 39.3 Å². The molecule has 0 aliphatic carbocycles. The molecule has 3 heterocycles. The van der Waals surface area contributed by atoms with Crippen molar-refractivity contribution >= 4 is 17.1 Å². The fourth-order valence-corrected chi connectivity index (χ4v) is 3.57. The SMILES string of the molecule is Cc1ccc2oc(CN3CCN(C(=O)NC[C@@H]4CCCO4)CC3)nc2c1. The van der Waals surface area contributed by atoms with Gasteiger partial charge in [-0.3, -0.25) is 4.90 Å². The van der Waals surface area contributed by atoms with Crippen LogP contribution in [0.3, 0.4) is 0 Å².